The molecule has 0 spiro atoms. The summed E-state index contributed by atoms with van der Waals surface area (Å²) in [4.78, 5) is 0. The van der Waals surface area contributed by atoms with Crippen molar-refractivity contribution in [1.82, 2.24) is 0 Å². The summed E-state index contributed by atoms with van der Waals surface area (Å²) >= 11 is 0. The summed E-state index contributed by atoms with van der Waals surface area (Å²) in [6, 6.07) is 65.0. The Kier molecular flexibility index (Phi) is 49.4. The van der Waals surface area contributed by atoms with Crippen molar-refractivity contribution in [3.05, 3.63) is 337 Å². The van der Waals surface area contributed by atoms with E-state index >= 15 is 0 Å². The third kappa shape index (κ3) is 36.8. The molecule has 0 unspecified atom stereocenters. The first-order chi connectivity index (χ1) is 67.3. The van der Waals surface area contributed by atoms with E-state index in [1.165, 1.54) is 307 Å². The minimum atomic E-state index is -0.739. The van der Waals surface area contributed by atoms with Crippen LogP contribution in [0.25, 0.3) is 33.4 Å². The summed E-state index contributed by atoms with van der Waals surface area (Å²) in [5.74, 6) is 16.8. The fourth-order valence-electron chi connectivity index (χ4n) is 26.3. The molecule has 10 aliphatic carbocycles. The van der Waals surface area contributed by atoms with Crippen molar-refractivity contribution in [2.24, 2.45) is 101 Å². The Morgan fingerprint density at radius 3 is 0.935 bits per heavy atom. The van der Waals surface area contributed by atoms with Crippen LogP contribution in [-0.2, 0) is 45.6 Å². The van der Waals surface area contributed by atoms with Crippen LogP contribution in [0.1, 0.15) is 373 Å². The normalized spacial score (nSPS) is 28.1. The predicted octanol–water partition coefficient (Wildman–Crippen LogP) is 40.8. The van der Waals surface area contributed by atoms with Crippen molar-refractivity contribution in [1.29, 1.82) is 0 Å². The van der Waals surface area contributed by atoms with E-state index < -0.39 is 11.6 Å². The fourth-order valence-corrected chi connectivity index (χ4v) is 26.3. The largest absolute Gasteiger partial charge is 0.206 e. The molecule has 0 aromatic heterocycles. The molecule has 8 aromatic carbocycles. The van der Waals surface area contributed by atoms with Gasteiger partial charge in [-0.1, -0.05) is 257 Å². The maximum Gasteiger partial charge on any atom is 0.159 e. The molecule has 0 atom stereocenters. The van der Waals surface area contributed by atoms with Crippen LogP contribution in [0.5, 0.6) is 0 Å². The maximum atomic E-state index is 14.6. The van der Waals surface area contributed by atoms with E-state index in [1.54, 1.807) is 17.7 Å². The van der Waals surface area contributed by atoms with Crippen LogP contribution in [-0.4, -0.2) is 0 Å². The summed E-state index contributed by atoms with van der Waals surface area (Å²) in [7, 11) is 0. The van der Waals surface area contributed by atoms with Gasteiger partial charge in [0, 0.05) is 38.3 Å². The zero-order valence-corrected chi connectivity index (χ0v) is 90.8. The Morgan fingerprint density at radius 1 is 0.288 bits per heavy atom. The summed E-state index contributed by atoms with van der Waals surface area (Å²) in [5.41, 5.74) is 16.8. The Hall–Kier alpha value is -7.17. The van der Waals surface area contributed by atoms with E-state index in [-0.39, 0.29) is 38.5 Å². The summed E-state index contributed by atoms with van der Waals surface area (Å²) in [6.45, 7) is 33.2. The van der Waals surface area contributed by atoms with Gasteiger partial charge in [-0.2, -0.15) is 35.9 Å². The van der Waals surface area contributed by atoms with Gasteiger partial charge in [-0.15, -0.1) is 26.3 Å². The van der Waals surface area contributed by atoms with Crippen LogP contribution in [0.2, 0.25) is 0 Å². The molecular weight excluding hydrogens is 1770 g/mol. The molecule has 139 heavy (non-hydrogen) atoms. The second-order valence-electron chi connectivity index (χ2n) is 45.1. The molecule has 0 heterocycles. The van der Waals surface area contributed by atoms with Crippen LogP contribution in [0.15, 0.2) is 269 Å². The van der Waals surface area contributed by atoms with Gasteiger partial charge < -0.3 is 0 Å². The topological polar surface area (TPSA) is 0 Å². The number of halogens is 3. The summed E-state index contributed by atoms with van der Waals surface area (Å²) < 4.78 is 41.1. The van der Waals surface area contributed by atoms with Crippen molar-refractivity contribution in [2.45, 2.75) is 362 Å². The Labute approximate surface area is 872 Å². The molecule has 0 aliphatic heterocycles. The quantitative estimate of drug-likeness (QED) is 0.0442. The molecule has 0 saturated heterocycles. The van der Waals surface area contributed by atoms with Crippen molar-refractivity contribution < 1.29 is 45.9 Å². The molecule has 8 aromatic rings. The van der Waals surface area contributed by atoms with Gasteiger partial charge in [0.25, 0.3) is 0 Å². The second kappa shape index (κ2) is 61.2. The molecule has 1 radical (unpaired) electrons. The molecule has 4 heteroatoms. The standard InChI is InChI=1S/C24H23F.C22H32.C20H26F2.C20H27.C18H20.C16H28.C15H26.Y/c1-3-4-5-6-19-9-13-21(14-10-19)23-16-15-22(17-24(23)25)20-11-7-18(2)8-12-20;1-3-4-18-7-11-20(12-8-18)22-15-13-21(14-16-22)19-9-5-17(2)6-10-19;1-2-14-3-5-15(6-4-14)16-7-9-17(10-8-16)18-11-12-19(21)20(22)13-18;1-2-16-8-10-18(11-9-16)20-14-12-19(13-15-20)17-6-4-3-5-7-17;1-3-4-5-6-16-9-13-18(14-10-16)17-11-7-15(2)8-12-17;1-3-4-14-7-11-16(12-8-14)15-9-5-13(2)6-10-15;1-3-13-6-10-15(11-7-13)14-8-4-12(2)5-9-14;/h3-4,7-17H,5-6H2,1-2H3;3,5-6,9-10,18,20-22H,1,4,7-8,11-16H2,2H3;2,11-17H,1,3-10H2;2,4-7,16,18-20H,1,8-15H2;3-4,7-14H,5-6H2,1-2H3;3-4,13-16H,5-12H2,1-2H3;3,12-15H,1,4-11H2,2H3;/q;;;-1;;;;/b4-3+;;;;2*4-3+;;. The van der Waals surface area contributed by atoms with Gasteiger partial charge in [0.1, 0.15) is 5.82 Å². The van der Waals surface area contributed by atoms with E-state index in [0.717, 1.165) is 173 Å². The van der Waals surface area contributed by atoms with Crippen LogP contribution >= 0.6 is 0 Å². The van der Waals surface area contributed by atoms with Gasteiger partial charge in [-0.3, -0.25) is 0 Å². The average molecular weight is 1950 g/mol. The minimum Gasteiger partial charge on any atom is -0.206 e. The number of hydrogen-bond donors (Lipinski definition) is 0. The number of aryl methyl sites for hydroxylation is 5. The number of allylic oxidation sites excluding steroid dienone is 10. The molecule has 18 rings (SSSR count). The molecule has 0 amide bonds. The molecule has 0 nitrogen and oxygen atoms in total. The van der Waals surface area contributed by atoms with Gasteiger partial charge in [0.2, 0.25) is 0 Å². The van der Waals surface area contributed by atoms with E-state index in [4.69, 9.17) is 0 Å². The second-order valence-corrected chi connectivity index (χ2v) is 45.1. The summed E-state index contributed by atoms with van der Waals surface area (Å²) in [5, 5.41) is 0. The van der Waals surface area contributed by atoms with Gasteiger partial charge in [0.05, 0.1) is 0 Å². The average Bonchev–Trinajstić information content (AvgIpc) is 0.817. The zero-order valence-electron chi connectivity index (χ0n) is 88.0. The molecule has 0 N–H and O–H groups in total. The van der Waals surface area contributed by atoms with Crippen molar-refractivity contribution in [3.63, 3.8) is 0 Å². The first-order valence-corrected chi connectivity index (χ1v) is 56.3. The third-order valence-corrected chi connectivity index (χ3v) is 35.7. The summed E-state index contributed by atoms with van der Waals surface area (Å²) in [6.07, 6.45) is 84.2. The molecule has 0 bridgehead atoms. The smallest absolute Gasteiger partial charge is 0.159 e. The SMILES string of the molecule is C/C=C/C1CCC(C2CCC(C)CC2)CC1.C/C=C/CCc1ccc(-c2ccc(-c3ccc(C)cc3)cc2F)cc1.C/C=C/CCc1ccc(-c2ccc(C)cc2)cc1.C=CC1CCC(C2CCC(C)CC2)CC1.C=CC1CCC(C2CCC(c3cc[c-]cc3)CC2)CC1.C=CC1CCC(C2CCC(c3ccc(F)c(F)c3)CC2)CC1.C=CCC1CCC(C2CCC(c3ccc(C)cc3)CC2)CC1.[Y]. The van der Waals surface area contributed by atoms with E-state index in [0.29, 0.717) is 11.5 Å². The zero-order chi connectivity index (χ0) is 97.2. The molecule has 10 aliphatic rings. The number of rotatable bonds is 23. The van der Waals surface area contributed by atoms with Crippen molar-refractivity contribution in [3.8, 4) is 33.4 Å². The number of hydrogen-bond acceptors (Lipinski definition) is 0. The first kappa shape index (κ1) is 112. The van der Waals surface area contributed by atoms with Crippen molar-refractivity contribution in [2.75, 3.05) is 0 Å². The van der Waals surface area contributed by atoms with Crippen LogP contribution < -0.4 is 0 Å². The maximum absolute atomic E-state index is 14.6. The minimum absolute atomic E-state index is 0. The monoisotopic (exact) mass is 1950 g/mol. The van der Waals surface area contributed by atoms with Gasteiger partial charge >= 0.3 is 0 Å². The van der Waals surface area contributed by atoms with E-state index in [1.807, 2.05) is 55.5 Å². The Bertz CT molecular complexity index is 4810. The molecule has 10 fully saturated rings. The van der Waals surface area contributed by atoms with E-state index in [2.05, 4.69) is 251 Å². The first-order valence-electron chi connectivity index (χ1n) is 56.3. The number of benzene rings is 8. The Morgan fingerprint density at radius 2 is 0.590 bits per heavy atom. The molecule has 10 saturated carbocycles. The van der Waals surface area contributed by atoms with Crippen LogP contribution in [0.4, 0.5) is 13.2 Å². The van der Waals surface area contributed by atoms with Gasteiger partial charge in [-0.05, 0) is 491 Å². The molecule has 747 valence electrons. The van der Waals surface area contributed by atoms with E-state index in [9.17, 15) is 13.2 Å². The van der Waals surface area contributed by atoms with Crippen LogP contribution in [0, 0.1) is 145 Å². The third-order valence-electron chi connectivity index (χ3n) is 35.7. The van der Waals surface area contributed by atoms with Crippen LogP contribution in [0.3, 0.4) is 0 Å². The van der Waals surface area contributed by atoms with Gasteiger partial charge in [-0.25, -0.2) is 13.2 Å². The van der Waals surface area contributed by atoms with Gasteiger partial charge in [0.15, 0.2) is 11.6 Å². The Balaban J connectivity index is 0.000000156. The predicted molar refractivity (Wildman–Crippen MR) is 592 cm³/mol. The van der Waals surface area contributed by atoms with Crippen molar-refractivity contribution >= 4 is 0 Å². The molecular formula is C135H182F3Y-. The fraction of sp³-hybridized carbons (Fsp3) is 0.541.